The van der Waals surface area contributed by atoms with Crippen molar-refractivity contribution in [3.8, 4) is 0 Å². The minimum atomic E-state index is -1.08. The van der Waals surface area contributed by atoms with E-state index in [0.717, 1.165) is 61.0 Å². The van der Waals surface area contributed by atoms with Gasteiger partial charge in [0, 0.05) is 64.9 Å². The van der Waals surface area contributed by atoms with Crippen LogP contribution in [-0.4, -0.2) is 60.5 Å². The molecule has 0 saturated carbocycles. The minimum Gasteiger partial charge on any atom is -0.381 e. The predicted molar refractivity (Wildman–Crippen MR) is 131 cm³/mol. The lowest BCUT2D eigenvalue weighted by Gasteiger charge is -2.31. The van der Waals surface area contributed by atoms with Gasteiger partial charge in [-0.3, -0.25) is 0 Å². The highest BCUT2D eigenvalue weighted by atomic mass is 28.3. The molecular formula is C23H34N6O2Si. The van der Waals surface area contributed by atoms with Gasteiger partial charge in [-0.25, -0.2) is 9.97 Å². The van der Waals surface area contributed by atoms with Crippen molar-refractivity contribution in [2.24, 2.45) is 0 Å². The highest BCUT2D eigenvalue weighted by Gasteiger charge is 2.20. The van der Waals surface area contributed by atoms with Crippen molar-refractivity contribution in [1.29, 1.82) is 0 Å². The van der Waals surface area contributed by atoms with Gasteiger partial charge in [0.15, 0.2) is 0 Å². The molecule has 9 heteroatoms. The van der Waals surface area contributed by atoms with Crippen LogP contribution in [0.4, 0.5) is 17.6 Å². The molecule has 3 aromatic rings. The Morgan fingerprint density at radius 2 is 1.94 bits per heavy atom. The van der Waals surface area contributed by atoms with Gasteiger partial charge in [0.05, 0.1) is 11.6 Å². The van der Waals surface area contributed by atoms with Gasteiger partial charge in [0.1, 0.15) is 18.4 Å². The van der Waals surface area contributed by atoms with Crippen molar-refractivity contribution < 1.29 is 9.47 Å². The van der Waals surface area contributed by atoms with Crippen LogP contribution in [-0.2, 0) is 16.2 Å². The van der Waals surface area contributed by atoms with Gasteiger partial charge in [0.2, 0.25) is 5.95 Å². The van der Waals surface area contributed by atoms with Gasteiger partial charge in [-0.1, -0.05) is 19.6 Å². The monoisotopic (exact) mass is 454 g/mol. The number of rotatable bonds is 9. The topological polar surface area (TPSA) is 77.3 Å². The Morgan fingerprint density at radius 1 is 1.12 bits per heavy atom. The zero-order valence-electron chi connectivity index (χ0n) is 19.5. The van der Waals surface area contributed by atoms with Gasteiger partial charge in [0.25, 0.3) is 0 Å². The Balaban J connectivity index is 1.42. The summed E-state index contributed by atoms with van der Waals surface area (Å²) in [5, 5.41) is 4.43. The lowest BCUT2D eigenvalue weighted by atomic mass is 10.1. The van der Waals surface area contributed by atoms with E-state index in [0.29, 0.717) is 12.8 Å². The van der Waals surface area contributed by atoms with Crippen molar-refractivity contribution in [3.05, 3.63) is 36.8 Å². The summed E-state index contributed by atoms with van der Waals surface area (Å²) >= 11 is 0. The van der Waals surface area contributed by atoms with E-state index in [1.54, 1.807) is 13.3 Å². The molecule has 0 unspecified atom stereocenters. The first-order valence-electron chi connectivity index (χ1n) is 11.3. The van der Waals surface area contributed by atoms with Crippen LogP contribution in [0.1, 0.15) is 12.8 Å². The van der Waals surface area contributed by atoms with E-state index in [9.17, 15) is 0 Å². The zero-order chi connectivity index (χ0) is 22.6. The van der Waals surface area contributed by atoms with Crippen molar-refractivity contribution in [3.63, 3.8) is 0 Å². The molecule has 32 heavy (non-hydrogen) atoms. The fourth-order valence-electron chi connectivity index (χ4n) is 3.80. The van der Waals surface area contributed by atoms with Crippen LogP contribution >= 0.6 is 0 Å². The normalized spacial score (nSPS) is 15.4. The van der Waals surface area contributed by atoms with Gasteiger partial charge in [-0.2, -0.15) is 4.98 Å². The summed E-state index contributed by atoms with van der Waals surface area (Å²) in [7, 11) is 0.695. The maximum atomic E-state index is 5.94. The molecule has 0 aromatic carbocycles. The molecule has 0 spiro atoms. The number of ether oxygens (including phenoxy) is 2. The van der Waals surface area contributed by atoms with Crippen LogP contribution in [0.3, 0.4) is 0 Å². The lowest BCUT2D eigenvalue weighted by Crippen LogP contribution is -2.37. The molecule has 1 N–H and O–H groups in total. The Hall–Kier alpha value is -2.49. The van der Waals surface area contributed by atoms with Crippen LogP contribution < -0.4 is 10.2 Å². The smallest absolute Gasteiger partial charge is 0.227 e. The van der Waals surface area contributed by atoms with Gasteiger partial charge in [-0.15, -0.1) is 0 Å². The number of piperidine rings is 1. The van der Waals surface area contributed by atoms with E-state index in [-0.39, 0.29) is 0 Å². The molecule has 1 aliphatic rings. The third-order valence-corrected chi connectivity index (χ3v) is 7.54. The third kappa shape index (κ3) is 5.84. The third-order valence-electron chi connectivity index (χ3n) is 5.84. The summed E-state index contributed by atoms with van der Waals surface area (Å²) in [6.07, 6.45) is 8.05. The number of pyridine rings is 1. The van der Waals surface area contributed by atoms with Crippen LogP contribution in [0.5, 0.6) is 0 Å². The summed E-state index contributed by atoms with van der Waals surface area (Å²) < 4.78 is 13.5. The fraction of sp³-hybridized carbons (Fsp3) is 0.522. The number of nitrogens with one attached hydrogen (secondary N) is 1. The SMILES string of the molecule is COC1CCN(c2nccc(Nc3cc4c(ccn4COCC[Si](C)(C)C)cn3)n2)CC1. The van der Waals surface area contributed by atoms with Gasteiger partial charge >= 0.3 is 0 Å². The van der Waals surface area contributed by atoms with Crippen LogP contribution in [0.15, 0.2) is 36.8 Å². The number of hydrogen-bond donors (Lipinski definition) is 1. The molecule has 1 saturated heterocycles. The highest BCUT2D eigenvalue weighted by molar-refractivity contribution is 6.76. The second kappa shape index (κ2) is 9.97. The van der Waals surface area contributed by atoms with Crippen LogP contribution in [0.2, 0.25) is 25.7 Å². The predicted octanol–water partition coefficient (Wildman–Crippen LogP) is 4.50. The molecule has 4 rings (SSSR count). The molecule has 1 aliphatic heterocycles. The Kier molecular flexibility index (Phi) is 7.07. The number of hydrogen-bond acceptors (Lipinski definition) is 7. The zero-order valence-corrected chi connectivity index (χ0v) is 20.5. The standard InChI is InChI=1S/C23H34N6O2Si/c1-30-19-7-11-28(12-8-19)23-24-9-5-21(27-23)26-22-15-20-18(16-25-22)6-10-29(20)17-31-13-14-32(2,3)4/h5-6,9-10,15-16,19H,7-8,11-14,17H2,1-4H3,(H,24,25,26,27). The highest BCUT2D eigenvalue weighted by Crippen LogP contribution is 2.23. The van der Waals surface area contributed by atoms with Crippen LogP contribution in [0, 0.1) is 0 Å². The van der Waals surface area contributed by atoms with Crippen LogP contribution in [0.25, 0.3) is 10.9 Å². The number of anilines is 3. The first kappa shape index (κ1) is 22.7. The van der Waals surface area contributed by atoms with E-state index in [4.69, 9.17) is 14.5 Å². The molecule has 4 heterocycles. The summed E-state index contributed by atoms with van der Waals surface area (Å²) in [5.74, 6) is 2.23. The fourth-order valence-corrected chi connectivity index (χ4v) is 4.56. The van der Waals surface area contributed by atoms with Crippen molar-refractivity contribution in [2.75, 3.05) is 37.0 Å². The number of nitrogens with zero attached hydrogens (tertiary/aromatic N) is 5. The molecule has 172 valence electrons. The summed E-state index contributed by atoms with van der Waals surface area (Å²) in [4.78, 5) is 15.9. The first-order chi connectivity index (χ1) is 15.4. The molecule has 3 aromatic heterocycles. The molecule has 1 fully saturated rings. The molecule has 0 radical (unpaired) electrons. The van der Waals surface area contributed by atoms with Crippen molar-refractivity contribution in [2.45, 2.75) is 51.4 Å². The number of aromatic nitrogens is 4. The Bertz CT molecular complexity index is 1030. The maximum absolute atomic E-state index is 5.94. The second-order valence-corrected chi connectivity index (χ2v) is 15.2. The van der Waals surface area contributed by atoms with Gasteiger partial charge in [-0.05, 0) is 31.0 Å². The average molecular weight is 455 g/mol. The lowest BCUT2D eigenvalue weighted by molar-refractivity contribution is 0.0816. The maximum Gasteiger partial charge on any atom is 0.227 e. The molecule has 0 bridgehead atoms. The Morgan fingerprint density at radius 3 is 2.69 bits per heavy atom. The van der Waals surface area contributed by atoms with E-state index in [1.165, 1.54) is 6.04 Å². The molecule has 8 nitrogen and oxygen atoms in total. The Labute approximate surface area is 191 Å². The first-order valence-corrected chi connectivity index (χ1v) is 15.0. The number of methoxy groups -OCH3 is 1. The molecular weight excluding hydrogens is 420 g/mol. The van der Waals surface area contributed by atoms with E-state index in [2.05, 4.69) is 56.7 Å². The largest absolute Gasteiger partial charge is 0.381 e. The summed E-state index contributed by atoms with van der Waals surface area (Å²) in [6.45, 7) is 10.2. The molecule has 0 aliphatic carbocycles. The van der Waals surface area contributed by atoms with E-state index >= 15 is 0 Å². The summed E-state index contributed by atoms with van der Waals surface area (Å²) in [6, 6.07) is 7.15. The quantitative estimate of drug-likeness (QED) is 0.377. The van der Waals surface area contributed by atoms with E-state index in [1.807, 2.05) is 18.3 Å². The number of fused-ring (bicyclic) bond motifs is 1. The summed E-state index contributed by atoms with van der Waals surface area (Å²) in [5.41, 5.74) is 1.09. The second-order valence-electron chi connectivity index (χ2n) is 9.55. The average Bonchev–Trinajstić information content (AvgIpc) is 3.18. The van der Waals surface area contributed by atoms with E-state index < -0.39 is 8.07 Å². The molecule has 0 atom stereocenters. The van der Waals surface area contributed by atoms with Gasteiger partial charge < -0.3 is 24.3 Å². The minimum absolute atomic E-state index is 0.333. The van der Waals surface area contributed by atoms with Crippen molar-refractivity contribution in [1.82, 2.24) is 19.5 Å². The molecule has 0 amide bonds. The van der Waals surface area contributed by atoms with Crippen molar-refractivity contribution >= 4 is 36.6 Å².